The molecule has 0 unspecified atom stereocenters. The number of fused-ring (bicyclic) bond motifs is 1. The van der Waals surface area contributed by atoms with Gasteiger partial charge >= 0.3 is 0 Å². The van der Waals surface area contributed by atoms with E-state index in [0.29, 0.717) is 24.4 Å². The number of benzene rings is 2. The zero-order valence-electron chi connectivity index (χ0n) is 17.4. The third kappa shape index (κ3) is 4.78. The average Bonchev–Trinajstić information content (AvgIpc) is 2.77. The number of nitrogens with one attached hydrogen (secondary N) is 1. The van der Waals surface area contributed by atoms with Gasteiger partial charge in [0.2, 0.25) is 0 Å². The van der Waals surface area contributed by atoms with Gasteiger partial charge in [-0.3, -0.25) is 14.7 Å². The summed E-state index contributed by atoms with van der Waals surface area (Å²) in [5, 5.41) is 3.91. The summed E-state index contributed by atoms with van der Waals surface area (Å²) in [6.07, 6.45) is -0.0276. The van der Waals surface area contributed by atoms with E-state index in [9.17, 15) is 4.79 Å². The zero-order valence-corrected chi connectivity index (χ0v) is 17.4. The molecule has 2 aromatic carbocycles. The van der Waals surface area contributed by atoms with E-state index in [1.807, 2.05) is 37.3 Å². The molecule has 1 amide bonds. The standard InChI is InChI=1S/C24H27N3O3/c1-17-22(13-19-12-20(29-2)8-9-23(19)26-17)24(28)25-14-21-16-27(10-11-30-21)15-18-6-4-3-5-7-18/h3-9,12-13,21H,10-11,14-16H2,1-2H3,(H,25,28)/t21-/m0/s1. The number of aromatic nitrogens is 1. The van der Waals surface area contributed by atoms with Gasteiger partial charge in [0.15, 0.2) is 0 Å². The first kappa shape index (κ1) is 20.3. The predicted octanol–water partition coefficient (Wildman–Crippen LogP) is 3.18. The van der Waals surface area contributed by atoms with Gasteiger partial charge in [0, 0.05) is 31.6 Å². The highest BCUT2D eigenvalue weighted by atomic mass is 16.5. The van der Waals surface area contributed by atoms with Gasteiger partial charge in [-0.25, -0.2) is 0 Å². The van der Waals surface area contributed by atoms with Gasteiger partial charge in [0.1, 0.15) is 5.75 Å². The number of carbonyl (C=O) groups excluding carboxylic acids is 1. The minimum absolute atomic E-state index is 0.0276. The second-order valence-electron chi connectivity index (χ2n) is 7.60. The SMILES string of the molecule is COc1ccc2nc(C)c(C(=O)NC[C@H]3CN(Cc4ccccc4)CCO3)cc2c1. The van der Waals surface area contributed by atoms with E-state index < -0.39 is 0 Å². The third-order valence-electron chi connectivity index (χ3n) is 5.42. The minimum Gasteiger partial charge on any atom is -0.497 e. The van der Waals surface area contributed by atoms with Crippen molar-refractivity contribution >= 4 is 16.8 Å². The molecule has 1 aliphatic rings. The zero-order chi connectivity index (χ0) is 20.9. The van der Waals surface area contributed by atoms with Crippen molar-refractivity contribution in [2.24, 2.45) is 0 Å². The van der Waals surface area contributed by atoms with Crippen molar-refractivity contribution in [3.8, 4) is 5.75 Å². The number of carbonyl (C=O) groups is 1. The summed E-state index contributed by atoms with van der Waals surface area (Å²) in [4.78, 5) is 19.8. The van der Waals surface area contributed by atoms with Crippen molar-refractivity contribution < 1.29 is 14.3 Å². The molecule has 6 heteroatoms. The Kier molecular flexibility index (Phi) is 6.26. The van der Waals surface area contributed by atoms with E-state index in [2.05, 4.69) is 39.5 Å². The van der Waals surface area contributed by atoms with Crippen LogP contribution in [0.25, 0.3) is 10.9 Å². The van der Waals surface area contributed by atoms with Gasteiger partial charge in [-0.1, -0.05) is 30.3 Å². The molecule has 0 aliphatic carbocycles. The van der Waals surface area contributed by atoms with Gasteiger partial charge in [-0.2, -0.15) is 0 Å². The summed E-state index contributed by atoms with van der Waals surface area (Å²) in [6.45, 7) is 5.58. The second-order valence-corrected chi connectivity index (χ2v) is 7.60. The smallest absolute Gasteiger partial charge is 0.253 e. The quantitative estimate of drug-likeness (QED) is 0.682. The van der Waals surface area contributed by atoms with Crippen molar-refractivity contribution in [3.63, 3.8) is 0 Å². The maximum atomic E-state index is 12.8. The molecule has 3 aromatic rings. The fourth-order valence-electron chi connectivity index (χ4n) is 3.80. The average molecular weight is 405 g/mol. The first-order valence-electron chi connectivity index (χ1n) is 10.2. The number of amides is 1. The molecule has 0 spiro atoms. The molecule has 1 aromatic heterocycles. The van der Waals surface area contributed by atoms with E-state index in [-0.39, 0.29) is 12.0 Å². The summed E-state index contributed by atoms with van der Waals surface area (Å²) in [6, 6.07) is 18.0. The lowest BCUT2D eigenvalue weighted by Gasteiger charge is -2.33. The largest absolute Gasteiger partial charge is 0.497 e. The Morgan fingerprint density at radius 1 is 1.23 bits per heavy atom. The number of pyridine rings is 1. The Labute approximate surface area is 176 Å². The number of morpholine rings is 1. The van der Waals surface area contributed by atoms with Crippen LogP contribution in [0.15, 0.2) is 54.6 Å². The number of ether oxygens (including phenoxy) is 2. The number of hydrogen-bond donors (Lipinski definition) is 1. The number of hydrogen-bond acceptors (Lipinski definition) is 5. The van der Waals surface area contributed by atoms with Gasteiger partial charge in [-0.15, -0.1) is 0 Å². The van der Waals surface area contributed by atoms with Gasteiger partial charge in [-0.05, 0) is 36.8 Å². The van der Waals surface area contributed by atoms with Crippen molar-refractivity contribution in [2.75, 3.05) is 33.4 Å². The maximum absolute atomic E-state index is 12.8. The molecule has 156 valence electrons. The molecule has 1 aliphatic heterocycles. The molecule has 2 heterocycles. The number of aryl methyl sites for hydroxylation is 1. The van der Waals surface area contributed by atoms with Gasteiger partial charge in [0.25, 0.3) is 5.91 Å². The number of nitrogens with zero attached hydrogens (tertiary/aromatic N) is 2. The third-order valence-corrected chi connectivity index (χ3v) is 5.42. The van der Waals surface area contributed by atoms with Crippen molar-refractivity contribution in [2.45, 2.75) is 19.6 Å². The molecule has 0 bridgehead atoms. The second kappa shape index (κ2) is 9.24. The maximum Gasteiger partial charge on any atom is 0.253 e. The molecule has 30 heavy (non-hydrogen) atoms. The fraction of sp³-hybridized carbons (Fsp3) is 0.333. The van der Waals surface area contributed by atoms with E-state index >= 15 is 0 Å². The molecular weight excluding hydrogens is 378 g/mol. The van der Waals surface area contributed by atoms with Crippen molar-refractivity contribution in [1.82, 2.24) is 15.2 Å². The molecule has 1 fully saturated rings. The highest BCUT2D eigenvalue weighted by molar-refractivity contribution is 5.98. The van der Waals surface area contributed by atoms with Crippen LogP contribution in [0, 0.1) is 6.92 Å². The summed E-state index contributed by atoms with van der Waals surface area (Å²) in [5.41, 5.74) is 3.42. The van der Waals surface area contributed by atoms with Crippen molar-refractivity contribution in [3.05, 3.63) is 71.4 Å². The summed E-state index contributed by atoms with van der Waals surface area (Å²) < 4.78 is 11.2. The lowest BCUT2D eigenvalue weighted by molar-refractivity contribution is -0.0292. The molecule has 1 atom stereocenters. The predicted molar refractivity (Wildman–Crippen MR) is 117 cm³/mol. The summed E-state index contributed by atoms with van der Waals surface area (Å²) in [7, 11) is 1.63. The summed E-state index contributed by atoms with van der Waals surface area (Å²) in [5.74, 6) is 0.613. The van der Waals surface area contributed by atoms with Crippen LogP contribution in [-0.2, 0) is 11.3 Å². The molecular formula is C24H27N3O3. The molecule has 0 radical (unpaired) electrons. The highest BCUT2D eigenvalue weighted by Crippen LogP contribution is 2.22. The molecule has 6 nitrogen and oxygen atoms in total. The number of methoxy groups -OCH3 is 1. The van der Waals surface area contributed by atoms with Crippen molar-refractivity contribution in [1.29, 1.82) is 0 Å². The van der Waals surface area contributed by atoms with Crippen LogP contribution in [0.5, 0.6) is 5.75 Å². The van der Waals surface area contributed by atoms with Crippen LogP contribution < -0.4 is 10.1 Å². The van der Waals surface area contributed by atoms with Crippen LogP contribution in [0.4, 0.5) is 0 Å². The first-order valence-corrected chi connectivity index (χ1v) is 10.2. The number of rotatable bonds is 6. The Bertz CT molecular complexity index is 1020. The topological polar surface area (TPSA) is 63.7 Å². The van der Waals surface area contributed by atoms with E-state index in [4.69, 9.17) is 9.47 Å². The Hall–Kier alpha value is -2.96. The van der Waals surface area contributed by atoms with E-state index in [1.54, 1.807) is 7.11 Å². The molecule has 1 saturated heterocycles. The van der Waals surface area contributed by atoms with Gasteiger partial charge in [0.05, 0.1) is 36.6 Å². The van der Waals surface area contributed by atoms with Crippen LogP contribution in [0.2, 0.25) is 0 Å². The molecule has 1 N–H and O–H groups in total. The first-order chi connectivity index (χ1) is 14.6. The van der Waals surface area contributed by atoms with Crippen LogP contribution in [0.1, 0.15) is 21.6 Å². The monoisotopic (exact) mass is 405 g/mol. The van der Waals surface area contributed by atoms with Crippen LogP contribution in [0.3, 0.4) is 0 Å². The lowest BCUT2D eigenvalue weighted by Crippen LogP contribution is -2.47. The van der Waals surface area contributed by atoms with E-state index in [0.717, 1.165) is 36.3 Å². The Morgan fingerprint density at radius 3 is 2.87 bits per heavy atom. The Morgan fingerprint density at radius 2 is 2.07 bits per heavy atom. The minimum atomic E-state index is -0.131. The van der Waals surface area contributed by atoms with Crippen LogP contribution in [-0.4, -0.2) is 55.2 Å². The highest BCUT2D eigenvalue weighted by Gasteiger charge is 2.22. The fourth-order valence-corrected chi connectivity index (χ4v) is 3.80. The van der Waals surface area contributed by atoms with E-state index in [1.165, 1.54) is 5.56 Å². The lowest BCUT2D eigenvalue weighted by atomic mass is 10.1. The normalized spacial score (nSPS) is 17.1. The van der Waals surface area contributed by atoms with Crippen LogP contribution >= 0.6 is 0 Å². The summed E-state index contributed by atoms with van der Waals surface area (Å²) >= 11 is 0. The molecule has 4 rings (SSSR count). The Balaban J connectivity index is 1.38. The van der Waals surface area contributed by atoms with Gasteiger partial charge < -0.3 is 14.8 Å². The molecule has 0 saturated carbocycles.